The maximum atomic E-state index is 11.3. The molecule has 0 aliphatic heterocycles. The standard InChI is InChI=1S/C14H21N3O4S/c1-9-4-3-5-12(10(9)2)16-13-7-6-11(22(15,20)21)8-14(13)17(18)19/h6-10,12,16H,3-5H2,1-2H3,(H2,15,20,21)/t9-,10+,12+/m0/s1. The van der Waals surface area contributed by atoms with Gasteiger partial charge in [0.1, 0.15) is 5.69 Å². The summed E-state index contributed by atoms with van der Waals surface area (Å²) in [6.45, 7) is 4.31. The highest BCUT2D eigenvalue weighted by atomic mass is 32.2. The van der Waals surface area contributed by atoms with Crippen molar-refractivity contribution in [2.45, 2.75) is 44.0 Å². The summed E-state index contributed by atoms with van der Waals surface area (Å²) in [5.74, 6) is 0.945. The molecule has 1 aliphatic rings. The van der Waals surface area contributed by atoms with E-state index in [1.54, 1.807) is 0 Å². The molecule has 0 heterocycles. The van der Waals surface area contributed by atoms with Gasteiger partial charge in [-0.3, -0.25) is 10.1 Å². The first kappa shape index (κ1) is 16.7. The van der Waals surface area contributed by atoms with Gasteiger partial charge in [0.25, 0.3) is 5.69 Å². The largest absolute Gasteiger partial charge is 0.376 e. The van der Waals surface area contributed by atoms with Crippen LogP contribution in [0.1, 0.15) is 33.1 Å². The van der Waals surface area contributed by atoms with Crippen LogP contribution in [-0.4, -0.2) is 19.4 Å². The molecule has 1 aromatic rings. The zero-order chi connectivity index (χ0) is 16.5. The Bertz CT molecular complexity index is 675. The number of benzene rings is 1. The number of sulfonamides is 1. The van der Waals surface area contributed by atoms with E-state index in [2.05, 4.69) is 19.2 Å². The smallest absolute Gasteiger partial charge is 0.293 e. The Kier molecular flexibility index (Phi) is 4.72. The molecule has 3 N–H and O–H groups in total. The minimum absolute atomic E-state index is 0.141. The Labute approximate surface area is 130 Å². The Morgan fingerprint density at radius 2 is 2.00 bits per heavy atom. The van der Waals surface area contributed by atoms with E-state index in [4.69, 9.17) is 5.14 Å². The number of anilines is 1. The van der Waals surface area contributed by atoms with Crippen LogP contribution in [0.15, 0.2) is 23.1 Å². The molecule has 3 atom stereocenters. The van der Waals surface area contributed by atoms with Crippen molar-refractivity contribution >= 4 is 21.4 Å². The number of nitrogens with one attached hydrogen (secondary N) is 1. The number of nitrogens with zero attached hydrogens (tertiary/aromatic N) is 1. The molecule has 0 amide bonds. The molecule has 1 aromatic carbocycles. The third-order valence-electron chi connectivity index (χ3n) is 4.54. The number of primary sulfonamides is 1. The summed E-state index contributed by atoms with van der Waals surface area (Å²) in [7, 11) is -3.96. The quantitative estimate of drug-likeness (QED) is 0.651. The fraction of sp³-hybridized carbons (Fsp3) is 0.571. The van der Waals surface area contributed by atoms with Gasteiger partial charge in [0, 0.05) is 12.1 Å². The molecule has 22 heavy (non-hydrogen) atoms. The fourth-order valence-electron chi connectivity index (χ4n) is 2.95. The lowest BCUT2D eigenvalue weighted by Gasteiger charge is -2.35. The lowest BCUT2D eigenvalue weighted by Crippen LogP contribution is -2.35. The summed E-state index contributed by atoms with van der Waals surface area (Å²) in [5.41, 5.74) is 0.0697. The van der Waals surface area contributed by atoms with Gasteiger partial charge in [-0.05, 0) is 30.4 Å². The van der Waals surface area contributed by atoms with Gasteiger partial charge in [0.15, 0.2) is 0 Å². The van der Waals surface area contributed by atoms with Crippen molar-refractivity contribution in [3.63, 3.8) is 0 Å². The molecule has 1 fully saturated rings. The van der Waals surface area contributed by atoms with Crippen molar-refractivity contribution in [2.24, 2.45) is 17.0 Å². The van der Waals surface area contributed by atoms with Gasteiger partial charge < -0.3 is 5.32 Å². The predicted octanol–water partition coefficient (Wildman–Crippen LogP) is 2.48. The van der Waals surface area contributed by atoms with E-state index in [0.29, 0.717) is 17.5 Å². The fourth-order valence-corrected chi connectivity index (χ4v) is 3.48. The number of nitro groups is 1. The van der Waals surface area contributed by atoms with Gasteiger partial charge in [0.2, 0.25) is 10.0 Å². The number of nitrogens with two attached hydrogens (primary N) is 1. The van der Waals surface area contributed by atoms with Crippen molar-refractivity contribution in [3.8, 4) is 0 Å². The Hall–Kier alpha value is -1.67. The third kappa shape index (κ3) is 3.56. The summed E-state index contributed by atoms with van der Waals surface area (Å²) in [6, 6.07) is 3.86. The Balaban J connectivity index is 2.33. The lowest BCUT2D eigenvalue weighted by atomic mass is 9.78. The van der Waals surface area contributed by atoms with E-state index in [1.807, 2.05) is 0 Å². The van der Waals surface area contributed by atoms with E-state index < -0.39 is 14.9 Å². The second kappa shape index (κ2) is 6.21. The van der Waals surface area contributed by atoms with Gasteiger partial charge in [-0.15, -0.1) is 0 Å². The number of rotatable bonds is 4. The minimum atomic E-state index is -3.96. The zero-order valence-electron chi connectivity index (χ0n) is 12.7. The molecule has 2 rings (SSSR count). The van der Waals surface area contributed by atoms with E-state index >= 15 is 0 Å². The SMILES string of the molecule is C[C@@H]1[C@@H](C)CCC[C@H]1Nc1ccc(S(N)(=O)=O)cc1[N+](=O)[O-]. The topological polar surface area (TPSA) is 115 Å². The van der Waals surface area contributed by atoms with Crippen LogP contribution in [0.2, 0.25) is 0 Å². The lowest BCUT2D eigenvalue weighted by molar-refractivity contribution is -0.384. The highest BCUT2D eigenvalue weighted by Gasteiger charge is 2.29. The van der Waals surface area contributed by atoms with E-state index in [-0.39, 0.29) is 16.6 Å². The van der Waals surface area contributed by atoms with Crippen LogP contribution in [0, 0.1) is 22.0 Å². The first-order chi connectivity index (χ1) is 10.2. The van der Waals surface area contributed by atoms with Crippen molar-refractivity contribution in [1.82, 2.24) is 0 Å². The predicted molar refractivity (Wildman–Crippen MR) is 84.1 cm³/mol. The number of hydrogen-bond donors (Lipinski definition) is 2. The molecule has 7 nitrogen and oxygen atoms in total. The van der Waals surface area contributed by atoms with E-state index in [9.17, 15) is 18.5 Å². The molecule has 0 radical (unpaired) electrons. The van der Waals surface area contributed by atoms with Crippen LogP contribution in [0.5, 0.6) is 0 Å². The second-order valence-corrected chi connectivity index (χ2v) is 7.56. The normalized spacial score (nSPS) is 25.7. The summed E-state index contributed by atoms with van der Waals surface area (Å²) in [5, 5.41) is 19.5. The van der Waals surface area contributed by atoms with Crippen LogP contribution >= 0.6 is 0 Å². The summed E-state index contributed by atoms with van der Waals surface area (Å²) < 4.78 is 22.7. The molecular weight excluding hydrogens is 306 g/mol. The summed E-state index contributed by atoms with van der Waals surface area (Å²) >= 11 is 0. The molecule has 8 heteroatoms. The zero-order valence-corrected chi connectivity index (χ0v) is 13.5. The van der Waals surface area contributed by atoms with Gasteiger partial charge in [0.05, 0.1) is 9.82 Å². The van der Waals surface area contributed by atoms with E-state index in [1.165, 1.54) is 12.1 Å². The van der Waals surface area contributed by atoms with E-state index in [0.717, 1.165) is 25.3 Å². The Morgan fingerprint density at radius 1 is 1.32 bits per heavy atom. The average Bonchev–Trinajstić information content (AvgIpc) is 2.43. The highest BCUT2D eigenvalue weighted by Crippen LogP contribution is 2.34. The first-order valence-corrected chi connectivity index (χ1v) is 8.82. The van der Waals surface area contributed by atoms with Crippen LogP contribution in [0.3, 0.4) is 0 Å². The summed E-state index contributed by atoms with van der Waals surface area (Å²) in [6.07, 6.45) is 3.18. The molecule has 0 unspecified atom stereocenters. The molecule has 122 valence electrons. The highest BCUT2D eigenvalue weighted by molar-refractivity contribution is 7.89. The van der Waals surface area contributed by atoms with Crippen LogP contribution < -0.4 is 10.5 Å². The van der Waals surface area contributed by atoms with Crippen molar-refractivity contribution < 1.29 is 13.3 Å². The van der Waals surface area contributed by atoms with Gasteiger partial charge >= 0.3 is 0 Å². The van der Waals surface area contributed by atoms with Crippen molar-refractivity contribution in [2.75, 3.05) is 5.32 Å². The molecule has 0 spiro atoms. The second-order valence-electron chi connectivity index (χ2n) is 6.00. The van der Waals surface area contributed by atoms with Crippen LogP contribution in [-0.2, 0) is 10.0 Å². The molecule has 0 bridgehead atoms. The van der Waals surface area contributed by atoms with Crippen molar-refractivity contribution in [1.29, 1.82) is 0 Å². The minimum Gasteiger partial charge on any atom is -0.376 e. The monoisotopic (exact) mass is 327 g/mol. The molecular formula is C14H21N3O4S. The van der Waals surface area contributed by atoms with Crippen LogP contribution in [0.4, 0.5) is 11.4 Å². The van der Waals surface area contributed by atoms with Gasteiger partial charge in [-0.1, -0.05) is 26.7 Å². The van der Waals surface area contributed by atoms with Gasteiger partial charge in [-0.25, -0.2) is 13.6 Å². The van der Waals surface area contributed by atoms with Crippen LogP contribution in [0.25, 0.3) is 0 Å². The van der Waals surface area contributed by atoms with Gasteiger partial charge in [-0.2, -0.15) is 0 Å². The van der Waals surface area contributed by atoms with Crippen molar-refractivity contribution in [3.05, 3.63) is 28.3 Å². The molecule has 1 aliphatic carbocycles. The first-order valence-electron chi connectivity index (χ1n) is 7.28. The number of nitro benzene ring substituents is 1. The Morgan fingerprint density at radius 3 is 2.59 bits per heavy atom. The molecule has 0 saturated heterocycles. The maximum absolute atomic E-state index is 11.3. The third-order valence-corrected chi connectivity index (χ3v) is 5.45. The molecule has 0 aromatic heterocycles. The maximum Gasteiger partial charge on any atom is 0.293 e. The molecule has 1 saturated carbocycles. The number of hydrogen-bond acceptors (Lipinski definition) is 5. The summed E-state index contributed by atoms with van der Waals surface area (Å²) in [4.78, 5) is 10.4. The average molecular weight is 327 g/mol.